The van der Waals surface area contributed by atoms with E-state index in [1.165, 1.54) is 6.07 Å². The molecule has 4 rings (SSSR count). The number of methoxy groups -OCH3 is 1. The second-order valence-corrected chi connectivity index (χ2v) is 7.17. The van der Waals surface area contributed by atoms with Crippen molar-refractivity contribution in [3.8, 4) is 5.75 Å². The third-order valence-corrected chi connectivity index (χ3v) is 5.48. The van der Waals surface area contributed by atoms with E-state index in [0.717, 1.165) is 29.7 Å². The molecule has 1 amide bonds. The van der Waals surface area contributed by atoms with Crippen molar-refractivity contribution < 1.29 is 13.9 Å². The largest absolute Gasteiger partial charge is 0.497 e. The average molecular weight is 381 g/mol. The molecule has 0 aliphatic carbocycles. The number of nitrogens with zero attached hydrogens (tertiary/aromatic N) is 3. The Morgan fingerprint density at radius 3 is 2.54 bits per heavy atom. The van der Waals surface area contributed by atoms with Gasteiger partial charge in [-0.25, -0.2) is 4.39 Å². The average Bonchev–Trinajstić information content (AvgIpc) is 3.05. The molecular weight excluding hydrogens is 357 g/mol. The van der Waals surface area contributed by atoms with Crippen LogP contribution in [0.5, 0.6) is 5.75 Å². The van der Waals surface area contributed by atoms with Gasteiger partial charge in [-0.05, 0) is 30.3 Å². The number of benzene rings is 2. The number of carbonyl (C=O) groups excluding carboxylic acids is 1. The van der Waals surface area contributed by atoms with Gasteiger partial charge in [0.05, 0.1) is 7.11 Å². The van der Waals surface area contributed by atoms with Gasteiger partial charge in [-0.1, -0.05) is 18.2 Å². The van der Waals surface area contributed by atoms with Gasteiger partial charge in [0.25, 0.3) is 5.91 Å². The molecule has 0 saturated carbocycles. The van der Waals surface area contributed by atoms with E-state index in [9.17, 15) is 9.18 Å². The summed E-state index contributed by atoms with van der Waals surface area (Å²) in [6.45, 7) is 3.31. The number of fused-ring (bicyclic) bond motifs is 1. The highest BCUT2D eigenvalue weighted by Gasteiger charge is 2.25. The molecule has 0 spiro atoms. The van der Waals surface area contributed by atoms with E-state index in [-0.39, 0.29) is 11.7 Å². The van der Waals surface area contributed by atoms with E-state index in [0.29, 0.717) is 30.9 Å². The van der Waals surface area contributed by atoms with Crippen molar-refractivity contribution in [3.05, 3.63) is 65.6 Å². The molecule has 1 aliphatic heterocycles. The summed E-state index contributed by atoms with van der Waals surface area (Å²) in [7, 11) is 3.55. The van der Waals surface area contributed by atoms with E-state index in [1.54, 1.807) is 13.2 Å². The normalized spacial score (nSPS) is 15.2. The smallest absolute Gasteiger partial charge is 0.270 e. The highest BCUT2D eigenvalue weighted by atomic mass is 19.1. The van der Waals surface area contributed by atoms with Crippen LogP contribution in [0.25, 0.3) is 10.9 Å². The lowest BCUT2D eigenvalue weighted by Gasteiger charge is -2.34. The Hall–Kier alpha value is -2.86. The predicted octanol–water partition coefficient (Wildman–Crippen LogP) is 3.28. The predicted molar refractivity (Wildman–Crippen MR) is 107 cm³/mol. The highest BCUT2D eigenvalue weighted by Crippen LogP contribution is 2.25. The number of rotatable bonds is 4. The molecule has 0 unspecified atom stereocenters. The molecule has 146 valence electrons. The van der Waals surface area contributed by atoms with Gasteiger partial charge < -0.3 is 14.2 Å². The molecule has 0 bridgehead atoms. The van der Waals surface area contributed by atoms with Gasteiger partial charge in [0.2, 0.25) is 0 Å². The van der Waals surface area contributed by atoms with Crippen molar-refractivity contribution in [1.82, 2.24) is 14.4 Å². The molecule has 3 aromatic rings. The Labute approximate surface area is 163 Å². The Morgan fingerprint density at radius 2 is 1.82 bits per heavy atom. The van der Waals surface area contributed by atoms with Crippen LogP contribution in [0.2, 0.25) is 0 Å². The Balaban J connectivity index is 1.45. The summed E-state index contributed by atoms with van der Waals surface area (Å²) in [5.41, 5.74) is 2.37. The highest BCUT2D eigenvalue weighted by molar-refractivity contribution is 5.99. The van der Waals surface area contributed by atoms with Crippen LogP contribution in [-0.4, -0.2) is 53.6 Å². The minimum absolute atomic E-state index is 0.0307. The number of aryl methyl sites for hydroxylation is 1. The fourth-order valence-electron chi connectivity index (χ4n) is 3.80. The maximum absolute atomic E-state index is 13.9. The van der Waals surface area contributed by atoms with Crippen molar-refractivity contribution in [2.24, 2.45) is 7.05 Å². The summed E-state index contributed by atoms with van der Waals surface area (Å²) in [6, 6.07) is 14.6. The van der Waals surface area contributed by atoms with Crippen molar-refractivity contribution >= 4 is 16.8 Å². The summed E-state index contributed by atoms with van der Waals surface area (Å²) >= 11 is 0. The fourth-order valence-corrected chi connectivity index (χ4v) is 3.80. The minimum Gasteiger partial charge on any atom is -0.497 e. The Kier molecular flexibility index (Phi) is 5.05. The first-order valence-electron chi connectivity index (χ1n) is 9.45. The van der Waals surface area contributed by atoms with Crippen molar-refractivity contribution in [3.63, 3.8) is 0 Å². The topological polar surface area (TPSA) is 37.7 Å². The van der Waals surface area contributed by atoms with Crippen LogP contribution in [0.3, 0.4) is 0 Å². The molecule has 2 aromatic carbocycles. The Bertz CT molecular complexity index is 1010. The van der Waals surface area contributed by atoms with Crippen LogP contribution in [0.15, 0.2) is 48.5 Å². The summed E-state index contributed by atoms with van der Waals surface area (Å²) in [6.07, 6.45) is 0. The van der Waals surface area contributed by atoms with E-state index in [2.05, 4.69) is 4.90 Å². The van der Waals surface area contributed by atoms with Gasteiger partial charge in [-0.2, -0.15) is 0 Å². The molecule has 1 fully saturated rings. The Morgan fingerprint density at radius 1 is 1.07 bits per heavy atom. The maximum atomic E-state index is 13.9. The second kappa shape index (κ2) is 7.64. The SMILES string of the molecule is COc1ccc2c(c1)cc(C(=O)N1CCN(Cc3ccccc3F)CC1)n2C. The van der Waals surface area contributed by atoms with Crippen LogP contribution < -0.4 is 4.74 Å². The number of piperazine rings is 1. The number of carbonyl (C=O) groups is 1. The fraction of sp³-hybridized carbons (Fsp3) is 0.318. The van der Waals surface area contributed by atoms with Gasteiger partial charge >= 0.3 is 0 Å². The molecule has 2 heterocycles. The van der Waals surface area contributed by atoms with Crippen LogP contribution >= 0.6 is 0 Å². The zero-order valence-corrected chi connectivity index (χ0v) is 16.2. The lowest BCUT2D eigenvalue weighted by molar-refractivity contribution is 0.0618. The molecule has 0 atom stereocenters. The third-order valence-electron chi connectivity index (χ3n) is 5.48. The molecule has 0 N–H and O–H groups in total. The first kappa shape index (κ1) is 18.5. The summed E-state index contributed by atoms with van der Waals surface area (Å²) in [5, 5.41) is 0.989. The number of hydrogen-bond acceptors (Lipinski definition) is 3. The molecule has 1 saturated heterocycles. The molecule has 28 heavy (non-hydrogen) atoms. The number of ether oxygens (including phenoxy) is 1. The zero-order chi connectivity index (χ0) is 19.7. The first-order valence-corrected chi connectivity index (χ1v) is 9.45. The molecular formula is C22H24FN3O2. The van der Waals surface area contributed by atoms with Crippen LogP contribution in [0.1, 0.15) is 16.1 Å². The number of halogens is 1. The van der Waals surface area contributed by atoms with Crippen molar-refractivity contribution in [2.45, 2.75) is 6.54 Å². The zero-order valence-electron chi connectivity index (χ0n) is 16.2. The maximum Gasteiger partial charge on any atom is 0.270 e. The summed E-state index contributed by atoms with van der Waals surface area (Å²) in [5.74, 6) is 0.633. The van der Waals surface area contributed by atoms with Gasteiger partial charge in [-0.3, -0.25) is 9.69 Å². The first-order chi connectivity index (χ1) is 13.6. The van der Waals surface area contributed by atoms with Crippen LogP contribution in [-0.2, 0) is 13.6 Å². The van der Waals surface area contributed by atoms with Crippen molar-refractivity contribution in [1.29, 1.82) is 0 Å². The monoisotopic (exact) mass is 381 g/mol. The molecule has 5 nitrogen and oxygen atoms in total. The molecule has 1 aromatic heterocycles. The third kappa shape index (κ3) is 3.47. The number of amides is 1. The summed E-state index contributed by atoms with van der Waals surface area (Å²) in [4.78, 5) is 17.1. The van der Waals surface area contributed by atoms with E-state index in [1.807, 2.05) is 52.9 Å². The van der Waals surface area contributed by atoms with Gasteiger partial charge in [0.15, 0.2) is 0 Å². The standard InChI is InChI=1S/C22H24FN3O2/c1-24-20-8-7-18(28-2)13-17(20)14-21(24)22(27)26-11-9-25(10-12-26)15-16-5-3-4-6-19(16)23/h3-8,13-14H,9-12,15H2,1-2H3. The van der Waals surface area contributed by atoms with E-state index < -0.39 is 0 Å². The van der Waals surface area contributed by atoms with Crippen molar-refractivity contribution in [2.75, 3.05) is 33.3 Å². The van der Waals surface area contributed by atoms with Gasteiger partial charge in [0, 0.05) is 56.2 Å². The van der Waals surface area contributed by atoms with Gasteiger partial charge in [0.1, 0.15) is 17.3 Å². The second-order valence-electron chi connectivity index (χ2n) is 7.17. The quantitative estimate of drug-likeness (QED) is 0.696. The van der Waals surface area contributed by atoms with E-state index >= 15 is 0 Å². The molecule has 1 aliphatic rings. The minimum atomic E-state index is -0.174. The van der Waals surface area contributed by atoms with Gasteiger partial charge in [-0.15, -0.1) is 0 Å². The lowest BCUT2D eigenvalue weighted by atomic mass is 10.2. The molecule has 0 radical (unpaired) electrons. The van der Waals surface area contributed by atoms with Crippen LogP contribution in [0, 0.1) is 5.82 Å². The van der Waals surface area contributed by atoms with Crippen LogP contribution in [0.4, 0.5) is 4.39 Å². The van der Waals surface area contributed by atoms with E-state index in [4.69, 9.17) is 4.74 Å². The lowest BCUT2D eigenvalue weighted by Crippen LogP contribution is -2.48. The number of hydrogen-bond donors (Lipinski definition) is 0. The summed E-state index contributed by atoms with van der Waals surface area (Å²) < 4.78 is 21.1. The number of aromatic nitrogens is 1. The molecule has 6 heteroatoms.